The zero-order chi connectivity index (χ0) is 11.4. The molecule has 0 unspecified atom stereocenters. The van der Waals surface area contributed by atoms with Crippen LogP contribution in [0, 0.1) is 5.92 Å². The molecule has 0 spiro atoms. The first-order valence-electron chi connectivity index (χ1n) is 5.81. The maximum absolute atomic E-state index is 9.27. The molecule has 2 rings (SSSR count). The highest BCUT2D eigenvalue weighted by Crippen LogP contribution is 2.33. The summed E-state index contributed by atoms with van der Waals surface area (Å²) in [4.78, 5) is 1.23. The Balaban J connectivity index is 1.98. The standard InChI is InChI=1S/C13H17BrOS/c14-12-6-5-11(8-15)13(7-12)16-9-10-3-1-2-4-10/h5-7,10,15H,1-4,8-9H2. The van der Waals surface area contributed by atoms with Gasteiger partial charge in [-0.05, 0) is 36.5 Å². The first-order chi connectivity index (χ1) is 7.79. The van der Waals surface area contributed by atoms with E-state index in [2.05, 4.69) is 22.0 Å². The number of rotatable bonds is 4. The van der Waals surface area contributed by atoms with Gasteiger partial charge in [-0.25, -0.2) is 0 Å². The Hall–Kier alpha value is 0.01000. The normalized spacial score (nSPS) is 16.9. The largest absolute Gasteiger partial charge is 0.392 e. The third-order valence-corrected chi connectivity index (χ3v) is 4.97. The van der Waals surface area contributed by atoms with E-state index in [9.17, 15) is 5.11 Å². The van der Waals surface area contributed by atoms with Gasteiger partial charge in [0.2, 0.25) is 0 Å². The van der Waals surface area contributed by atoms with Crippen LogP contribution in [0.2, 0.25) is 0 Å². The van der Waals surface area contributed by atoms with Crippen molar-refractivity contribution >= 4 is 27.7 Å². The molecule has 0 radical (unpaired) electrons. The smallest absolute Gasteiger partial charge is 0.0692 e. The van der Waals surface area contributed by atoms with Crippen LogP contribution < -0.4 is 0 Å². The highest BCUT2D eigenvalue weighted by atomic mass is 79.9. The monoisotopic (exact) mass is 300 g/mol. The van der Waals surface area contributed by atoms with Crippen LogP contribution in [0.5, 0.6) is 0 Å². The van der Waals surface area contributed by atoms with Gasteiger partial charge in [-0.1, -0.05) is 34.8 Å². The fraction of sp³-hybridized carbons (Fsp3) is 0.538. The van der Waals surface area contributed by atoms with E-state index in [1.165, 1.54) is 36.3 Å². The first-order valence-corrected chi connectivity index (χ1v) is 7.59. The van der Waals surface area contributed by atoms with Crippen LogP contribution in [0.25, 0.3) is 0 Å². The molecule has 88 valence electrons. The third kappa shape index (κ3) is 3.25. The maximum Gasteiger partial charge on any atom is 0.0692 e. The highest BCUT2D eigenvalue weighted by molar-refractivity contribution is 9.10. The lowest BCUT2D eigenvalue weighted by molar-refractivity contribution is 0.279. The molecule has 16 heavy (non-hydrogen) atoms. The Kier molecular flexibility index (Phi) is 4.74. The van der Waals surface area contributed by atoms with Crippen LogP contribution in [0.4, 0.5) is 0 Å². The van der Waals surface area contributed by atoms with E-state index in [-0.39, 0.29) is 6.61 Å². The molecule has 1 N–H and O–H groups in total. The summed E-state index contributed by atoms with van der Waals surface area (Å²) in [5.74, 6) is 2.08. The SMILES string of the molecule is OCc1ccc(Br)cc1SCC1CCCC1. The van der Waals surface area contributed by atoms with Crippen molar-refractivity contribution in [1.82, 2.24) is 0 Å². The van der Waals surface area contributed by atoms with Crippen molar-refractivity contribution in [2.75, 3.05) is 5.75 Å². The van der Waals surface area contributed by atoms with Gasteiger partial charge in [0.15, 0.2) is 0 Å². The van der Waals surface area contributed by atoms with Crippen molar-refractivity contribution in [1.29, 1.82) is 0 Å². The van der Waals surface area contributed by atoms with Crippen molar-refractivity contribution in [2.24, 2.45) is 5.92 Å². The van der Waals surface area contributed by atoms with E-state index in [1.54, 1.807) is 0 Å². The maximum atomic E-state index is 9.27. The van der Waals surface area contributed by atoms with Crippen LogP contribution in [0.1, 0.15) is 31.2 Å². The quantitative estimate of drug-likeness (QED) is 0.840. The van der Waals surface area contributed by atoms with Gasteiger partial charge in [-0.15, -0.1) is 11.8 Å². The van der Waals surface area contributed by atoms with Crippen molar-refractivity contribution in [2.45, 2.75) is 37.2 Å². The number of aliphatic hydroxyl groups is 1. The minimum absolute atomic E-state index is 0.139. The molecule has 0 amide bonds. The summed E-state index contributed by atoms with van der Waals surface area (Å²) in [6.07, 6.45) is 5.57. The number of halogens is 1. The second-order valence-electron chi connectivity index (χ2n) is 4.37. The average Bonchev–Trinajstić information content (AvgIpc) is 2.79. The zero-order valence-corrected chi connectivity index (χ0v) is 11.7. The molecular formula is C13H17BrOS. The van der Waals surface area contributed by atoms with Gasteiger partial charge in [-0.3, -0.25) is 0 Å². The number of benzene rings is 1. The average molecular weight is 301 g/mol. The van der Waals surface area contributed by atoms with E-state index in [4.69, 9.17) is 0 Å². The molecule has 0 aromatic heterocycles. The molecule has 0 aliphatic heterocycles. The lowest BCUT2D eigenvalue weighted by Gasteiger charge is -2.11. The van der Waals surface area contributed by atoms with E-state index in [0.717, 1.165) is 16.0 Å². The molecule has 1 aliphatic carbocycles. The Morgan fingerprint density at radius 2 is 2.06 bits per heavy atom. The molecule has 0 bridgehead atoms. The van der Waals surface area contributed by atoms with Crippen molar-refractivity contribution in [3.8, 4) is 0 Å². The second-order valence-corrected chi connectivity index (χ2v) is 6.35. The Morgan fingerprint density at radius 3 is 2.75 bits per heavy atom. The first kappa shape index (κ1) is 12.5. The lowest BCUT2D eigenvalue weighted by Crippen LogP contribution is -1.97. The summed E-state index contributed by atoms with van der Waals surface area (Å²) in [5, 5.41) is 9.27. The second kappa shape index (κ2) is 6.08. The van der Waals surface area contributed by atoms with E-state index < -0.39 is 0 Å². The number of hydrogen-bond donors (Lipinski definition) is 1. The Bertz CT molecular complexity index is 348. The number of aliphatic hydroxyl groups excluding tert-OH is 1. The van der Waals surface area contributed by atoms with E-state index >= 15 is 0 Å². The van der Waals surface area contributed by atoms with Gasteiger partial charge in [0.05, 0.1) is 6.61 Å². The van der Waals surface area contributed by atoms with E-state index in [0.29, 0.717) is 0 Å². The molecule has 1 saturated carbocycles. The molecule has 1 aliphatic rings. The minimum Gasteiger partial charge on any atom is -0.392 e. The zero-order valence-electron chi connectivity index (χ0n) is 9.29. The number of hydrogen-bond acceptors (Lipinski definition) is 2. The van der Waals surface area contributed by atoms with Crippen LogP contribution >= 0.6 is 27.7 Å². The summed E-state index contributed by atoms with van der Waals surface area (Å²) >= 11 is 5.38. The summed E-state index contributed by atoms with van der Waals surface area (Å²) in [6, 6.07) is 6.11. The van der Waals surface area contributed by atoms with E-state index in [1.807, 2.05) is 23.9 Å². The molecule has 0 heterocycles. The molecule has 1 aromatic rings. The van der Waals surface area contributed by atoms with Crippen LogP contribution in [-0.4, -0.2) is 10.9 Å². The predicted octanol–water partition coefficient (Wildman–Crippen LogP) is 4.22. The lowest BCUT2D eigenvalue weighted by atomic mass is 10.1. The Labute approximate surface area is 110 Å². The fourth-order valence-electron chi connectivity index (χ4n) is 2.18. The van der Waals surface area contributed by atoms with Gasteiger partial charge >= 0.3 is 0 Å². The van der Waals surface area contributed by atoms with Crippen LogP contribution in [0.3, 0.4) is 0 Å². The number of thioether (sulfide) groups is 1. The topological polar surface area (TPSA) is 20.2 Å². The van der Waals surface area contributed by atoms with Crippen molar-refractivity contribution in [3.63, 3.8) is 0 Å². The molecular weight excluding hydrogens is 284 g/mol. The summed E-state index contributed by atoms with van der Waals surface area (Å²) in [7, 11) is 0. The summed E-state index contributed by atoms with van der Waals surface area (Å²) in [5.41, 5.74) is 1.05. The molecule has 0 atom stereocenters. The summed E-state index contributed by atoms with van der Waals surface area (Å²) < 4.78 is 1.10. The third-order valence-electron chi connectivity index (χ3n) is 3.15. The van der Waals surface area contributed by atoms with Gasteiger partial charge < -0.3 is 5.11 Å². The van der Waals surface area contributed by atoms with Crippen molar-refractivity contribution in [3.05, 3.63) is 28.2 Å². The van der Waals surface area contributed by atoms with Crippen LogP contribution in [-0.2, 0) is 6.61 Å². The van der Waals surface area contributed by atoms with Crippen LogP contribution in [0.15, 0.2) is 27.6 Å². The Morgan fingerprint density at radius 1 is 1.31 bits per heavy atom. The molecule has 1 nitrogen and oxygen atoms in total. The van der Waals surface area contributed by atoms with Crippen molar-refractivity contribution < 1.29 is 5.11 Å². The summed E-state index contributed by atoms with van der Waals surface area (Å²) in [6.45, 7) is 0.139. The molecule has 0 saturated heterocycles. The highest BCUT2D eigenvalue weighted by Gasteiger charge is 2.15. The van der Waals surface area contributed by atoms with Gasteiger partial charge in [0.25, 0.3) is 0 Å². The fourth-order valence-corrected chi connectivity index (χ4v) is 3.97. The predicted molar refractivity (Wildman–Crippen MR) is 72.7 cm³/mol. The minimum atomic E-state index is 0.139. The van der Waals surface area contributed by atoms with Gasteiger partial charge in [-0.2, -0.15) is 0 Å². The molecule has 3 heteroatoms. The molecule has 1 fully saturated rings. The van der Waals surface area contributed by atoms with Gasteiger partial charge in [0.1, 0.15) is 0 Å². The molecule has 1 aromatic carbocycles. The van der Waals surface area contributed by atoms with Gasteiger partial charge in [0, 0.05) is 15.1 Å².